The minimum atomic E-state index is -0.429. The standard InChI is InChI=1S/C20H25N5O2/c1-3-4-12-20(24-25-20)13-11-18(26)21-14(2)15-5-7-16(8-6-15)22-19(27)23-17-9-10-17/h1,5-8,14,17H,4,9-13H2,2H3,(H,21,26)(H2,22,23,27). The summed E-state index contributed by atoms with van der Waals surface area (Å²) in [6, 6.07) is 7.49. The number of anilines is 1. The van der Waals surface area contributed by atoms with Crippen LogP contribution in [0.5, 0.6) is 0 Å². The molecule has 1 atom stereocenters. The fraction of sp³-hybridized carbons (Fsp3) is 0.500. The second-order valence-electron chi connectivity index (χ2n) is 7.17. The van der Waals surface area contributed by atoms with Gasteiger partial charge in [-0.25, -0.2) is 4.79 Å². The van der Waals surface area contributed by atoms with E-state index in [9.17, 15) is 9.59 Å². The van der Waals surface area contributed by atoms with Gasteiger partial charge in [-0.15, -0.1) is 12.3 Å². The summed E-state index contributed by atoms with van der Waals surface area (Å²) in [5.41, 5.74) is 1.27. The van der Waals surface area contributed by atoms with E-state index in [0.717, 1.165) is 24.1 Å². The van der Waals surface area contributed by atoms with Crippen molar-refractivity contribution in [2.24, 2.45) is 10.2 Å². The number of amides is 3. The molecule has 1 aliphatic heterocycles. The molecule has 0 saturated heterocycles. The van der Waals surface area contributed by atoms with Crippen molar-refractivity contribution in [3.05, 3.63) is 29.8 Å². The summed E-state index contributed by atoms with van der Waals surface area (Å²) < 4.78 is 0. The Labute approximate surface area is 159 Å². The molecular weight excluding hydrogens is 342 g/mol. The third-order valence-corrected chi connectivity index (χ3v) is 4.76. The van der Waals surface area contributed by atoms with Crippen molar-refractivity contribution in [3.63, 3.8) is 0 Å². The molecule has 1 fully saturated rings. The summed E-state index contributed by atoms with van der Waals surface area (Å²) >= 11 is 0. The number of hydrogen-bond donors (Lipinski definition) is 3. The van der Waals surface area contributed by atoms with Crippen LogP contribution in [0.4, 0.5) is 10.5 Å². The van der Waals surface area contributed by atoms with Crippen LogP contribution in [-0.2, 0) is 4.79 Å². The highest BCUT2D eigenvalue weighted by atomic mass is 16.2. The van der Waals surface area contributed by atoms with Crippen LogP contribution < -0.4 is 16.0 Å². The van der Waals surface area contributed by atoms with E-state index in [-0.39, 0.29) is 18.0 Å². The Balaban J connectivity index is 1.41. The fourth-order valence-electron chi connectivity index (χ4n) is 2.81. The summed E-state index contributed by atoms with van der Waals surface area (Å²) in [5, 5.41) is 16.8. The average molecular weight is 367 g/mol. The van der Waals surface area contributed by atoms with Gasteiger partial charge in [-0.3, -0.25) is 4.79 Å². The van der Waals surface area contributed by atoms with E-state index in [2.05, 4.69) is 32.1 Å². The smallest absolute Gasteiger partial charge is 0.319 e. The number of hydrogen-bond acceptors (Lipinski definition) is 4. The SMILES string of the molecule is C#CCCC1(CCC(=O)NC(C)c2ccc(NC(=O)NC3CC3)cc2)N=N1. The Bertz CT molecular complexity index is 756. The number of nitrogens with one attached hydrogen (secondary N) is 3. The molecule has 27 heavy (non-hydrogen) atoms. The van der Waals surface area contributed by atoms with E-state index in [4.69, 9.17) is 6.42 Å². The highest BCUT2D eigenvalue weighted by Gasteiger charge is 2.39. The fourth-order valence-corrected chi connectivity index (χ4v) is 2.81. The minimum absolute atomic E-state index is 0.0362. The van der Waals surface area contributed by atoms with E-state index in [0.29, 0.717) is 31.7 Å². The quantitative estimate of drug-likeness (QED) is 0.583. The number of carbonyl (C=O) groups excluding carboxylic acids is 2. The lowest BCUT2D eigenvalue weighted by Gasteiger charge is -2.16. The van der Waals surface area contributed by atoms with Gasteiger partial charge in [0.1, 0.15) is 0 Å². The second-order valence-corrected chi connectivity index (χ2v) is 7.17. The number of carbonyl (C=O) groups is 2. The third-order valence-electron chi connectivity index (χ3n) is 4.76. The maximum absolute atomic E-state index is 12.2. The summed E-state index contributed by atoms with van der Waals surface area (Å²) in [4.78, 5) is 23.9. The molecule has 1 heterocycles. The van der Waals surface area contributed by atoms with Crippen LogP contribution in [-0.4, -0.2) is 23.6 Å². The molecule has 0 radical (unpaired) electrons. The molecule has 1 aromatic rings. The molecule has 7 nitrogen and oxygen atoms in total. The Kier molecular flexibility index (Phi) is 5.75. The maximum atomic E-state index is 12.2. The van der Waals surface area contributed by atoms with Gasteiger partial charge < -0.3 is 16.0 Å². The summed E-state index contributed by atoms with van der Waals surface area (Å²) in [6.45, 7) is 1.93. The second kappa shape index (κ2) is 8.21. The highest BCUT2D eigenvalue weighted by molar-refractivity contribution is 5.89. The summed E-state index contributed by atoms with van der Waals surface area (Å²) in [7, 11) is 0. The number of terminal acetylenes is 1. The molecular formula is C20H25N5O2. The topological polar surface area (TPSA) is 95.0 Å². The van der Waals surface area contributed by atoms with Gasteiger partial charge in [0.05, 0.1) is 6.04 Å². The lowest BCUT2D eigenvalue weighted by molar-refractivity contribution is -0.122. The van der Waals surface area contributed by atoms with Crippen LogP contribution in [0, 0.1) is 12.3 Å². The van der Waals surface area contributed by atoms with Gasteiger partial charge in [0.15, 0.2) is 5.66 Å². The first-order valence-electron chi connectivity index (χ1n) is 9.34. The Morgan fingerprint density at radius 2 is 1.96 bits per heavy atom. The molecule has 0 bridgehead atoms. The van der Waals surface area contributed by atoms with Crippen LogP contribution in [0.25, 0.3) is 0 Å². The molecule has 1 saturated carbocycles. The first kappa shape index (κ1) is 18.9. The van der Waals surface area contributed by atoms with Crippen molar-refractivity contribution in [2.75, 3.05) is 5.32 Å². The Hall–Kier alpha value is -2.88. The zero-order valence-electron chi connectivity index (χ0n) is 15.5. The van der Waals surface area contributed by atoms with Crippen molar-refractivity contribution in [3.8, 4) is 12.3 Å². The van der Waals surface area contributed by atoms with Gasteiger partial charge in [0.2, 0.25) is 5.91 Å². The van der Waals surface area contributed by atoms with Gasteiger partial charge in [-0.2, -0.15) is 10.2 Å². The lowest BCUT2D eigenvalue weighted by atomic mass is 10.0. The van der Waals surface area contributed by atoms with Crippen LogP contribution in [0.2, 0.25) is 0 Å². The maximum Gasteiger partial charge on any atom is 0.319 e. The van der Waals surface area contributed by atoms with E-state index in [1.54, 1.807) is 0 Å². The predicted molar refractivity (Wildman–Crippen MR) is 103 cm³/mol. The molecule has 1 aromatic carbocycles. The molecule has 3 amide bonds. The van der Waals surface area contributed by atoms with Crippen molar-refractivity contribution in [1.29, 1.82) is 0 Å². The monoisotopic (exact) mass is 367 g/mol. The van der Waals surface area contributed by atoms with E-state index >= 15 is 0 Å². The molecule has 142 valence electrons. The predicted octanol–water partition coefficient (Wildman–Crippen LogP) is 3.50. The van der Waals surface area contributed by atoms with Gasteiger partial charge in [-0.1, -0.05) is 12.1 Å². The van der Waals surface area contributed by atoms with Gasteiger partial charge in [-0.05, 0) is 37.5 Å². The molecule has 2 aliphatic rings. The zero-order chi connectivity index (χ0) is 19.3. The van der Waals surface area contributed by atoms with Crippen LogP contribution in [0.1, 0.15) is 57.1 Å². The molecule has 3 rings (SSSR count). The third kappa shape index (κ3) is 5.81. The number of rotatable bonds is 9. The van der Waals surface area contributed by atoms with Crippen molar-refractivity contribution < 1.29 is 9.59 Å². The largest absolute Gasteiger partial charge is 0.350 e. The van der Waals surface area contributed by atoms with E-state index in [1.807, 2.05) is 31.2 Å². The zero-order valence-corrected chi connectivity index (χ0v) is 15.5. The minimum Gasteiger partial charge on any atom is -0.350 e. The average Bonchev–Trinajstić information content (AvgIpc) is 3.56. The lowest BCUT2D eigenvalue weighted by Crippen LogP contribution is -2.30. The van der Waals surface area contributed by atoms with Crippen LogP contribution in [0.3, 0.4) is 0 Å². The van der Waals surface area contributed by atoms with Crippen molar-refractivity contribution in [2.45, 2.75) is 63.2 Å². The molecule has 7 heteroatoms. The normalized spacial score (nSPS) is 17.5. The highest BCUT2D eigenvalue weighted by Crippen LogP contribution is 2.37. The summed E-state index contributed by atoms with van der Waals surface area (Å²) in [6.07, 6.45) is 9.65. The molecule has 0 spiro atoms. The van der Waals surface area contributed by atoms with Crippen LogP contribution >= 0.6 is 0 Å². The first-order valence-corrected chi connectivity index (χ1v) is 9.34. The Morgan fingerprint density at radius 3 is 2.56 bits per heavy atom. The summed E-state index contributed by atoms with van der Waals surface area (Å²) in [5.74, 6) is 2.55. The van der Waals surface area contributed by atoms with Crippen LogP contribution in [0.15, 0.2) is 34.5 Å². The van der Waals surface area contributed by atoms with Gasteiger partial charge in [0.25, 0.3) is 0 Å². The molecule has 1 aliphatic carbocycles. The van der Waals surface area contributed by atoms with Gasteiger partial charge >= 0.3 is 6.03 Å². The van der Waals surface area contributed by atoms with Crippen molar-refractivity contribution >= 4 is 17.6 Å². The van der Waals surface area contributed by atoms with Gasteiger partial charge in [0, 0.05) is 37.4 Å². The van der Waals surface area contributed by atoms with E-state index in [1.165, 1.54) is 0 Å². The molecule has 1 unspecified atom stereocenters. The number of benzene rings is 1. The first-order chi connectivity index (χ1) is 13.0. The molecule has 3 N–H and O–H groups in total. The Morgan fingerprint density at radius 1 is 1.26 bits per heavy atom. The number of nitrogens with zero attached hydrogens (tertiary/aromatic N) is 2. The molecule has 0 aromatic heterocycles. The number of urea groups is 1. The van der Waals surface area contributed by atoms with E-state index < -0.39 is 5.66 Å². The van der Waals surface area contributed by atoms with Crippen molar-refractivity contribution in [1.82, 2.24) is 10.6 Å².